The molecule has 5 atom stereocenters. The van der Waals surface area contributed by atoms with Crippen molar-refractivity contribution in [2.24, 2.45) is 38.8 Å². The van der Waals surface area contributed by atoms with Gasteiger partial charge in [0.25, 0.3) is 0 Å². The number of guanidine groups is 2. The van der Waals surface area contributed by atoms with Crippen LogP contribution in [0.25, 0.3) is 0 Å². The van der Waals surface area contributed by atoms with Crippen LogP contribution in [0.2, 0.25) is 0 Å². The summed E-state index contributed by atoms with van der Waals surface area (Å²) in [5, 5.41) is 37.1. The number of nitrogens with zero attached hydrogens (tertiary/aromatic N) is 3. The van der Waals surface area contributed by atoms with Crippen molar-refractivity contribution in [3.05, 3.63) is 65.7 Å². The van der Waals surface area contributed by atoms with Crippen molar-refractivity contribution >= 4 is 59.2 Å². The van der Waals surface area contributed by atoms with E-state index in [1.165, 1.54) is 19.2 Å². The van der Waals surface area contributed by atoms with Gasteiger partial charge >= 0.3 is 5.97 Å². The number of hydrogen-bond acceptors (Lipinski definition) is 12. The highest BCUT2D eigenvalue weighted by Gasteiger charge is 2.34. The molecule has 0 saturated carbocycles. The number of carboxylic acids is 1. The van der Waals surface area contributed by atoms with E-state index in [1.807, 2.05) is 13.8 Å². The maximum Gasteiger partial charge on any atom is 0.305 e. The molecule has 24 heteroatoms. The smallest absolute Gasteiger partial charge is 0.305 e. The van der Waals surface area contributed by atoms with Crippen molar-refractivity contribution in [1.82, 2.24) is 42.1 Å². The van der Waals surface area contributed by atoms with E-state index >= 15 is 0 Å². The van der Waals surface area contributed by atoms with Crippen LogP contribution < -0.4 is 60.2 Å². The number of aromatic hydroxyl groups is 1. The first kappa shape index (κ1) is 57.6. The second-order valence-corrected chi connectivity index (χ2v) is 16.6. The molecular weight excluding hydrogens is 897 g/mol. The number of aliphatic carboxylic acids is 1. The van der Waals surface area contributed by atoms with E-state index in [0.29, 0.717) is 5.56 Å². The molecule has 0 aliphatic carbocycles. The average molecular weight is 967 g/mol. The number of carbonyl (C=O) groups is 8. The summed E-state index contributed by atoms with van der Waals surface area (Å²) in [6.07, 6.45) is 0.502. The van der Waals surface area contributed by atoms with Gasteiger partial charge in [0.05, 0.1) is 25.6 Å². The number of amides is 7. The largest absolute Gasteiger partial charge is 0.508 e. The van der Waals surface area contributed by atoms with Crippen LogP contribution in [0, 0.1) is 5.92 Å². The Bertz CT molecular complexity index is 2060. The van der Waals surface area contributed by atoms with Crippen molar-refractivity contribution in [3.8, 4) is 5.75 Å². The number of hydrogen-bond donors (Lipinski definition) is 13. The fourth-order valence-electron chi connectivity index (χ4n) is 6.84. The van der Waals surface area contributed by atoms with Crippen molar-refractivity contribution in [2.45, 2.75) is 95.4 Å². The summed E-state index contributed by atoms with van der Waals surface area (Å²) in [4.78, 5) is 115. The van der Waals surface area contributed by atoms with E-state index in [-0.39, 0.29) is 94.6 Å². The summed E-state index contributed by atoms with van der Waals surface area (Å²) in [5.74, 6) is -6.32. The van der Waals surface area contributed by atoms with Crippen molar-refractivity contribution in [3.63, 3.8) is 0 Å². The first-order valence-corrected chi connectivity index (χ1v) is 22.5. The van der Waals surface area contributed by atoms with Crippen LogP contribution >= 0.6 is 0 Å². The van der Waals surface area contributed by atoms with Gasteiger partial charge in [0.1, 0.15) is 29.9 Å². The van der Waals surface area contributed by atoms with Gasteiger partial charge in [-0.15, -0.1) is 0 Å². The monoisotopic (exact) mass is 967 g/mol. The molecule has 17 N–H and O–H groups in total. The lowest BCUT2D eigenvalue weighted by Gasteiger charge is -2.32. The third kappa shape index (κ3) is 23.2. The number of carbonyl (C=O) groups excluding carboxylic acids is 7. The van der Waals surface area contributed by atoms with E-state index in [1.54, 1.807) is 49.5 Å². The summed E-state index contributed by atoms with van der Waals surface area (Å²) in [5.41, 5.74) is 23.3. The molecule has 69 heavy (non-hydrogen) atoms. The predicted octanol–water partition coefficient (Wildman–Crippen LogP) is -2.98. The Morgan fingerprint density at radius 2 is 1.19 bits per heavy atom. The minimum Gasteiger partial charge on any atom is -0.508 e. The van der Waals surface area contributed by atoms with E-state index in [0.717, 1.165) is 10.5 Å². The fourth-order valence-corrected chi connectivity index (χ4v) is 6.84. The van der Waals surface area contributed by atoms with Gasteiger partial charge in [-0.1, -0.05) is 56.3 Å². The van der Waals surface area contributed by atoms with Gasteiger partial charge in [-0.05, 0) is 74.8 Å². The number of carboxylic acid groups (broad SMARTS) is 1. The Balaban J connectivity index is 2.28. The van der Waals surface area contributed by atoms with Gasteiger partial charge in [0.2, 0.25) is 41.4 Å². The maximum atomic E-state index is 14.3. The van der Waals surface area contributed by atoms with Crippen LogP contribution in [-0.4, -0.2) is 151 Å². The normalized spacial score (nSPS) is 12.9. The molecule has 0 aliphatic rings. The zero-order valence-electron chi connectivity index (χ0n) is 39.7. The van der Waals surface area contributed by atoms with Gasteiger partial charge in [0.15, 0.2) is 11.9 Å². The molecule has 0 unspecified atom stereocenters. The Morgan fingerprint density at radius 1 is 0.638 bits per heavy atom. The van der Waals surface area contributed by atoms with Gasteiger partial charge in [0, 0.05) is 33.1 Å². The highest BCUT2D eigenvalue weighted by atomic mass is 16.4. The van der Waals surface area contributed by atoms with E-state index in [2.05, 4.69) is 47.2 Å². The maximum absolute atomic E-state index is 14.3. The van der Waals surface area contributed by atoms with Gasteiger partial charge in [-0.2, -0.15) is 0 Å². The Hall–Kier alpha value is -7.50. The minimum absolute atomic E-state index is 0.00658. The van der Waals surface area contributed by atoms with E-state index in [9.17, 15) is 43.5 Å². The Labute approximate surface area is 401 Å². The number of aliphatic imine (C=N–C) groups is 2. The third-order valence-electron chi connectivity index (χ3n) is 10.4. The van der Waals surface area contributed by atoms with Crippen molar-refractivity contribution < 1.29 is 48.6 Å². The van der Waals surface area contributed by atoms with Crippen LogP contribution in [0.3, 0.4) is 0 Å². The first-order chi connectivity index (χ1) is 32.7. The van der Waals surface area contributed by atoms with Gasteiger partial charge in [-0.25, -0.2) is 0 Å². The minimum atomic E-state index is -1.27. The molecule has 0 heterocycles. The van der Waals surface area contributed by atoms with Crippen molar-refractivity contribution in [2.75, 3.05) is 46.8 Å². The third-order valence-corrected chi connectivity index (χ3v) is 10.4. The second kappa shape index (κ2) is 30.7. The van der Waals surface area contributed by atoms with Crippen LogP contribution in [0.1, 0.15) is 63.5 Å². The van der Waals surface area contributed by atoms with Crippen LogP contribution in [-0.2, 0) is 51.2 Å². The highest BCUT2D eigenvalue weighted by Crippen LogP contribution is 2.14. The fraction of sp³-hybridized carbons (Fsp3) is 0.511. The molecule has 0 aromatic heterocycles. The number of phenols is 1. The average Bonchev–Trinajstić information content (AvgIpc) is 3.29. The first-order valence-electron chi connectivity index (χ1n) is 22.5. The molecule has 24 nitrogen and oxygen atoms in total. The summed E-state index contributed by atoms with van der Waals surface area (Å²) >= 11 is 0. The van der Waals surface area contributed by atoms with Gasteiger partial charge < -0.3 is 75.3 Å². The number of nitrogens with two attached hydrogens (primary N) is 4. The Kier molecular flexibility index (Phi) is 25.7. The molecule has 0 bridgehead atoms. The van der Waals surface area contributed by atoms with E-state index < -0.39 is 90.6 Å². The molecule has 0 aliphatic heterocycles. The predicted molar refractivity (Wildman–Crippen MR) is 258 cm³/mol. The summed E-state index contributed by atoms with van der Waals surface area (Å²) < 4.78 is 0. The topological polar surface area (TPSA) is 393 Å². The molecule has 0 saturated heterocycles. The molecule has 0 radical (unpaired) electrons. The summed E-state index contributed by atoms with van der Waals surface area (Å²) in [6, 6.07) is 9.47. The number of benzene rings is 2. The number of rotatable bonds is 31. The molecular formula is C45H70N14O10. The highest BCUT2D eigenvalue weighted by molar-refractivity contribution is 5.96. The number of likely N-dealkylation sites (N-methyl/N-ethyl adjacent to an activating group) is 2. The van der Waals surface area contributed by atoms with Crippen LogP contribution in [0.15, 0.2) is 64.6 Å². The molecule has 2 aromatic carbocycles. The molecule has 2 rings (SSSR count). The standard InChI is InChI=1S/C45H70N14O10/c1-27(2)22-33(40(66)57-31(12-8-19-52-44(46)47)43(69)59(4)35(13-9-20-53-45(48)49)42(68)51-21-18-38(63)64)58-41(67)34(24-28-10-6-5-7-11-28)56-37(62)26-54-36(61)25-55-39(65)32(50-3)23-29-14-16-30(60)17-15-29/h5-7,10-11,14-17,27,31-35,50,60H,8-9,12-13,18-26H2,1-4H3,(H,51,68)(H,54,61)(H,55,65)(H,56,62)(H,57,66)(H,58,67)(H,63,64)(H4,46,47,52)(H4,48,49,53)/t31-,32-,33-,34-,35-/m0/s1. The lowest BCUT2D eigenvalue weighted by Crippen LogP contribution is -2.59. The molecule has 380 valence electrons. The molecule has 0 spiro atoms. The lowest BCUT2D eigenvalue weighted by atomic mass is 10.00. The molecule has 0 fully saturated rings. The van der Waals surface area contributed by atoms with Gasteiger partial charge in [-0.3, -0.25) is 48.3 Å². The van der Waals surface area contributed by atoms with Crippen molar-refractivity contribution in [1.29, 1.82) is 0 Å². The lowest BCUT2D eigenvalue weighted by molar-refractivity contribution is -0.143. The van der Waals surface area contributed by atoms with Crippen LogP contribution in [0.5, 0.6) is 5.75 Å². The summed E-state index contributed by atoms with van der Waals surface area (Å²) in [7, 11) is 2.95. The zero-order valence-corrected chi connectivity index (χ0v) is 39.7. The molecule has 2 aromatic rings. The molecule has 7 amide bonds. The SMILES string of the molecule is CN[C@@H](Cc1ccc(O)cc1)C(=O)NCC(=O)NCC(=O)N[C@@H](Cc1ccccc1)C(=O)N[C@@H](CC(C)C)C(=O)N[C@@H](CCCN=C(N)N)C(=O)N(C)[C@@H](CCCN=C(N)N)C(=O)NCCC(=O)O. The zero-order chi connectivity index (χ0) is 51.5. The quantitative estimate of drug-likeness (QED) is 0.0204. The number of nitrogens with one attached hydrogen (secondary N) is 7. The second-order valence-electron chi connectivity index (χ2n) is 16.6. The Morgan fingerprint density at radius 3 is 1.77 bits per heavy atom. The number of phenolic OH excluding ortho intramolecular Hbond substituents is 1. The van der Waals surface area contributed by atoms with E-state index in [4.69, 9.17) is 28.0 Å². The van der Waals surface area contributed by atoms with Crippen LogP contribution in [0.4, 0.5) is 0 Å². The summed E-state index contributed by atoms with van der Waals surface area (Å²) in [6.45, 7) is 2.63.